The van der Waals surface area contributed by atoms with Gasteiger partial charge in [-0.25, -0.2) is 0 Å². The van der Waals surface area contributed by atoms with Crippen molar-refractivity contribution in [2.45, 2.75) is 19.5 Å². The maximum Gasteiger partial charge on any atom is 0.255 e. The Hall–Kier alpha value is -2.04. The molecule has 0 bridgehead atoms. The van der Waals surface area contributed by atoms with Crippen molar-refractivity contribution in [2.75, 3.05) is 6.61 Å². The summed E-state index contributed by atoms with van der Waals surface area (Å²) in [6.07, 6.45) is 0. The number of amides is 1. The molecule has 22 heavy (non-hydrogen) atoms. The maximum atomic E-state index is 10.7. The van der Waals surface area contributed by atoms with Gasteiger partial charge in [-0.2, -0.15) is 0 Å². The number of hydrogen-bond acceptors (Lipinski definition) is 3. The molecule has 0 aromatic heterocycles. The summed E-state index contributed by atoms with van der Waals surface area (Å²) in [6.45, 7) is 2.73. The molecular weight excluding hydrogens is 300 g/mol. The van der Waals surface area contributed by atoms with Gasteiger partial charge >= 0.3 is 0 Å². The summed E-state index contributed by atoms with van der Waals surface area (Å²) in [5, 5.41) is 4.18. The highest BCUT2D eigenvalue weighted by atomic mass is 35.5. The molecule has 0 heterocycles. The van der Waals surface area contributed by atoms with Gasteiger partial charge in [-0.3, -0.25) is 4.79 Å². The molecule has 0 spiro atoms. The van der Waals surface area contributed by atoms with Gasteiger partial charge in [0.15, 0.2) is 6.61 Å². The van der Waals surface area contributed by atoms with Gasteiger partial charge in [-0.15, -0.1) is 0 Å². The summed E-state index contributed by atoms with van der Waals surface area (Å²) in [7, 11) is 0. The molecule has 5 heteroatoms. The monoisotopic (exact) mass is 318 g/mol. The Morgan fingerprint density at radius 1 is 1.18 bits per heavy atom. The summed E-state index contributed by atoms with van der Waals surface area (Å²) in [6, 6.07) is 15.6. The summed E-state index contributed by atoms with van der Waals surface area (Å²) in [5.41, 5.74) is 7.35. The molecule has 0 saturated heterocycles. The molecular formula is C17H19ClN2O2. The average molecular weight is 319 g/mol. The zero-order valence-electron chi connectivity index (χ0n) is 12.4. The Bertz CT molecular complexity index is 612. The normalized spacial score (nSPS) is 11.9. The molecule has 4 nitrogen and oxygen atoms in total. The number of carbonyl (C=O) groups is 1. The van der Waals surface area contributed by atoms with Crippen molar-refractivity contribution >= 4 is 17.5 Å². The van der Waals surface area contributed by atoms with Crippen LogP contribution in [0, 0.1) is 0 Å². The molecule has 2 aromatic rings. The van der Waals surface area contributed by atoms with Crippen molar-refractivity contribution in [1.82, 2.24) is 5.32 Å². The molecule has 1 amide bonds. The molecule has 1 unspecified atom stereocenters. The lowest BCUT2D eigenvalue weighted by Crippen LogP contribution is -2.20. The van der Waals surface area contributed by atoms with Gasteiger partial charge in [0.25, 0.3) is 5.91 Å². The summed E-state index contributed by atoms with van der Waals surface area (Å²) < 4.78 is 5.22. The van der Waals surface area contributed by atoms with E-state index in [1.54, 1.807) is 0 Å². The highest BCUT2D eigenvalue weighted by Gasteiger charge is 2.05. The predicted molar refractivity (Wildman–Crippen MR) is 87.8 cm³/mol. The summed E-state index contributed by atoms with van der Waals surface area (Å²) in [5.74, 6) is 0.149. The first-order valence-electron chi connectivity index (χ1n) is 7.03. The molecule has 2 aromatic carbocycles. The van der Waals surface area contributed by atoms with E-state index in [0.717, 1.165) is 17.1 Å². The van der Waals surface area contributed by atoms with Crippen LogP contribution in [0.4, 0.5) is 0 Å². The minimum Gasteiger partial charge on any atom is -0.484 e. The first-order chi connectivity index (χ1) is 10.5. The first-order valence-corrected chi connectivity index (χ1v) is 7.41. The Kier molecular flexibility index (Phi) is 5.81. The minimum absolute atomic E-state index is 0.106. The van der Waals surface area contributed by atoms with Crippen molar-refractivity contribution in [2.24, 2.45) is 5.73 Å². The zero-order valence-corrected chi connectivity index (χ0v) is 13.1. The number of hydrogen-bond donors (Lipinski definition) is 2. The van der Waals surface area contributed by atoms with E-state index >= 15 is 0 Å². The number of carbonyl (C=O) groups excluding carboxylic acids is 1. The van der Waals surface area contributed by atoms with Gasteiger partial charge in [0, 0.05) is 17.6 Å². The lowest BCUT2D eigenvalue weighted by molar-refractivity contribution is -0.119. The number of rotatable bonds is 7. The van der Waals surface area contributed by atoms with E-state index in [1.807, 2.05) is 48.5 Å². The number of ether oxygens (including phenoxy) is 1. The lowest BCUT2D eigenvalue weighted by atomic mass is 10.1. The molecule has 0 saturated carbocycles. The molecule has 0 aliphatic rings. The smallest absolute Gasteiger partial charge is 0.255 e. The lowest BCUT2D eigenvalue weighted by Gasteiger charge is -2.14. The van der Waals surface area contributed by atoms with Crippen LogP contribution >= 0.6 is 11.6 Å². The van der Waals surface area contributed by atoms with E-state index < -0.39 is 5.91 Å². The number of nitrogens with two attached hydrogens (primary N) is 1. The van der Waals surface area contributed by atoms with Gasteiger partial charge in [0.2, 0.25) is 0 Å². The van der Waals surface area contributed by atoms with Crippen LogP contribution in [-0.4, -0.2) is 12.5 Å². The van der Waals surface area contributed by atoms with E-state index in [-0.39, 0.29) is 12.6 Å². The van der Waals surface area contributed by atoms with Gasteiger partial charge in [0.1, 0.15) is 5.75 Å². The Morgan fingerprint density at radius 2 is 1.82 bits per heavy atom. The third kappa shape index (κ3) is 5.06. The number of primary amides is 1. The number of nitrogens with one attached hydrogen (secondary N) is 1. The number of halogens is 1. The fourth-order valence-electron chi connectivity index (χ4n) is 2.00. The van der Waals surface area contributed by atoms with Crippen molar-refractivity contribution in [3.05, 3.63) is 64.7 Å². The van der Waals surface area contributed by atoms with Crippen LogP contribution in [0.1, 0.15) is 24.1 Å². The SMILES string of the molecule is CC(NCc1ccc(OCC(N)=O)cc1)c1ccc(Cl)cc1. The second kappa shape index (κ2) is 7.82. The summed E-state index contributed by atoms with van der Waals surface area (Å²) >= 11 is 5.89. The van der Waals surface area contributed by atoms with Crippen LogP contribution in [-0.2, 0) is 11.3 Å². The Balaban J connectivity index is 1.85. The fourth-order valence-corrected chi connectivity index (χ4v) is 2.12. The largest absolute Gasteiger partial charge is 0.484 e. The molecule has 1 atom stereocenters. The quantitative estimate of drug-likeness (QED) is 0.824. The van der Waals surface area contributed by atoms with Crippen molar-refractivity contribution in [3.8, 4) is 5.75 Å². The molecule has 0 radical (unpaired) electrons. The highest BCUT2D eigenvalue weighted by molar-refractivity contribution is 6.30. The fraction of sp³-hybridized carbons (Fsp3) is 0.235. The van der Waals surface area contributed by atoms with Gasteiger partial charge in [-0.1, -0.05) is 35.9 Å². The Morgan fingerprint density at radius 3 is 2.41 bits per heavy atom. The predicted octanol–water partition coefficient (Wildman–Crippen LogP) is 3.05. The van der Waals surface area contributed by atoms with Crippen molar-refractivity contribution in [3.63, 3.8) is 0 Å². The van der Waals surface area contributed by atoms with E-state index in [2.05, 4.69) is 12.2 Å². The van der Waals surface area contributed by atoms with Crippen LogP contribution in [0.15, 0.2) is 48.5 Å². The van der Waals surface area contributed by atoms with Gasteiger partial charge in [0.05, 0.1) is 0 Å². The maximum absolute atomic E-state index is 10.7. The van der Waals surface area contributed by atoms with Crippen LogP contribution in [0.3, 0.4) is 0 Å². The van der Waals surface area contributed by atoms with Crippen molar-refractivity contribution in [1.29, 1.82) is 0 Å². The third-order valence-electron chi connectivity index (χ3n) is 3.29. The highest BCUT2D eigenvalue weighted by Crippen LogP contribution is 2.17. The van der Waals surface area contributed by atoms with Crippen LogP contribution in [0.2, 0.25) is 5.02 Å². The second-order valence-corrected chi connectivity index (χ2v) is 5.49. The minimum atomic E-state index is -0.484. The summed E-state index contributed by atoms with van der Waals surface area (Å²) in [4.78, 5) is 10.7. The zero-order chi connectivity index (χ0) is 15.9. The third-order valence-corrected chi connectivity index (χ3v) is 3.54. The van der Waals surface area contributed by atoms with Crippen LogP contribution in [0.5, 0.6) is 5.75 Å². The van der Waals surface area contributed by atoms with E-state index in [4.69, 9.17) is 22.1 Å². The molecule has 116 valence electrons. The van der Waals surface area contributed by atoms with Gasteiger partial charge < -0.3 is 15.8 Å². The van der Waals surface area contributed by atoms with Gasteiger partial charge in [-0.05, 0) is 42.3 Å². The topological polar surface area (TPSA) is 64.3 Å². The average Bonchev–Trinajstić information content (AvgIpc) is 2.52. The van der Waals surface area contributed by atoms with Crippen LogP contribution in [0.25, 0.3) is 0 Å². The molecule has 2 rings (SSSR count). The van der Waals surface area contributed by atoms with E-state index in [1.165, 1.54) is 5.56 Å². The van der Waals surface area contributed by atoms with Crippen LogP contribution < -0.4 is 15.8 Å². The Labute approximate surface area is 135 Å². The molecule has 3 N–H and O–H groups in total. The van der Waals surface area contributed by atoms with Crippen molar-refractivity contribution < 1.29 is 9.53 Å². The number of benzene rings is 2. The van der Waals surface area contributed by atoms with E-state index in [0.29, 0.717) is 5.75 Å². The van der Waals surface area contributed by atoms with E-state index in [9.17, 15) is 4.79 Å². The first kappa shape index (κ1) is 16.3. The standard InChI is InChI=1S/C17H19ClN2O2/c1-12(14-4-6-15(18)7-5-14)20-10-13-2-8-16(9-3-13)22-11-17(19)21/h2-9,12,20H,10-11H2,1H3,(H2,19,21). The second-order valence-electron chi connectivity index (χ2n) is 5.05. The molecule has 0 aliphatic carbocycles. The molecule has 0 fully saturated rings. The molecule has 0 aliphatic heterocycles.